The topological polar surface area (TPSA) is 46.8 Å². The van der Waals surface area contributed by atoms with E-state index in [9.17, 15) is 13.2 Å². The van der Waals surface area contributed by atoms with Crippen LogP contribution in [0.4, 0.5) is 13.2 Å². The first-order chi connectivity index (χ1) is 14.9. The van der Waals surface area contributed by atoms with E-state index in [2.05, 4.69) is 15.0 Å². The third-order valence-corrected chi connectivity index (χ3v) is 4.85. The van der Waals surface area contributed by atoms with Gasteiger partial charge in [-0.25, -0.2) is 19.6 Å². The first kappa shape index (κ1) is 20.6. The predicted molar refractivity (Wildman–Crippen MR) is 115 cm³/mol. The number of rotatable bonds is 6. The summed E-state index contributed by atoms with van der Waals surface area (Å²) in [5, 5.41) is 1.82. The summed E-state index contributed by atoms with van der Waals surface area (Å²) in [6.45, 7) is 0.563. The van der Waals surface area contributed by atoms with Gasteiger partial charge in [0.15, 0.2) is 17.2 Å². The summed E-state index contributed by atoms with van der Waals surface area (Å²) in [6, 6.07) is 19.4. The van der Waals surface area contributed by atoms with Crippen LogP contribution in [0, 0.1) is 0 Å². The highest BCUT2D eigenvalue weighted by Gasteiger charge is 2.37. The van der Waals surface area contributed by atoms with Gasteiger partial charge in [-0.3, -0.25) is 0 Å². The van der Waals surface area contributed by atoms with Crippen LogP contribution in [0.5, 0.6) is 0 Å². The number of alkyl halides is 3. The van der Waals surface area contributed by atoms with Crippen LogP contribution in [0.2, 0.25) is 0 Å². The summed E-state index contributed by atoms with van der Waals surface area (Å²) >= 11 is 0. The van der Waals surface area contributed by atoms with Gasteiger partial charge in [-0.1, -0.05) is 66.7 Å². The van der Waals surface area contributed by atoms with Gasteiger partial charge >= 0.3 is 6.18 Å². The molecule has 31 heavy (non-hydrogen) atoms. The lowest BCUT2D eigenvalue weighted by molar-refractivity contribution is -0.140. The molecule has 4 aromatic rings. The molecule has 2 heterocycles. The van der Waals surface area contributed by atoms with Gasteiger partial charge in [-0.05, 0) is 23.6 Å². The maximum atomic E-state index is 13.5. The van der Waals surface area contributed by atoms with E-state index in [-0.39, 0.29) is 11.2 Å². The van der Waals surface area contributed by atoms with Crippen molar-refractivity contribution in [3.8, 4) is 0 Å². The van der Waals surface area contributed by atoms with E-state index in [0.29, 0.717) is 12.4 Å². The maximum absolute atomic E-state index is 13.5. The van der Waals surface area contributed by atoms with Crippen molar-refractivity contribution in [1.29, 1.82) is 0 Å². The fourth-order valence-electron chi connectivity index (χ4n) is 3.32. The van der Waals surface area contributed by atoms with Crippen LogP contribution in [0.15, 0.2) is 67.0 Å². The number of benzene rings is 2. The van der Waals surface area contributed by atoms with Crippen LogP contribution in [-0.4, -0.2) is 33.2 Å². The van der Waals surface area contributed by atoms with Crippen molar-refractivity contribution in [3.63, 3.8) is 0 Å². The molecule has 8 heteroatoms. The quantitative estimate of drug-likeness (QED) is 0.446. The Morgan fingerprint density at radius 3 is 2.29 bits per heavy atom. The molecular weight excluding hydrogens is 403 g/mol. The van der Waals surface area contributed by atoms with E-state index in [4.69, 9.17) is 0 Å². The molecule has 4 rings (SSSR count). The molecular formula is C23H20F3N5. The summed E-state index contributed by atoms with van der Waals surface area (Å²) in [5.74, 6) is 0.348. The Morgan fingerprint density at radius 1 is 0.935 bits per heavy atom. The first-order valence-electron chi connectivity index (χ1n) is 9.72. The van der Waals surface area contributed by atoms with Gasteiger partial charge in [0.05, 0.1) is 0 Å². The largest absolute Gasteiger partial charge is 0.435 e. The SMILES string of the molecule is CN(CCc1ccccc1)n1c(C=Cc2ccccc2)nc2c(C(F)(F)F)ncnc21. The van der Waals surface area contributed by atoms with Crippen molar-refractivity contribution in [2.45, 2.75) is 12.6 Å². The highest BCUT2D eigenvalue weighted by molar-refractivity contribution is 5.79. The van der Waals surface area contributed by atoms with Gasteiger partial charge in [-0.15, -0.1) is 0 Å². The number of halogens is 3. The third kappa shape index (κ3) is 4.58. The average Bonchev–Trinajstić information content (AvgIpc) is 3.15. The number of hydrogen-bond donors (Lipinski definition) is 0. The Balaban J connectivity index is 1.76. The van der Waals surface area contributed by atoms with Crippen LogP contribution < -0.4 is 5.01 Å². The van der Waals surface area contributed by atoms with Gasteiger partial charge in [0, 0.05) is 13.6 Å². The van der Waals surface area contributed by atoms with E-state index in [1.165, 1.54) is 0 Å². The Bertz CT molecular complexity index is 1180. The molecule has 0 saturated carbocycles. The lowest BCUT2D eigenvalue weighted by Crippen LogP contribution is -2.33. The van der Waals surface area contributed by atoms with Gasteiger partial charge in [-0.2, -0.15) is 13.2 Å². The second-order valence-corrected chi connectivity index (χ2v) is 7.03. The molecule has 0 aliphatic heterocycles. The Hall–Kier alpha value is -3.68. The van der Waals surface area contributed by atoms with Gasteiger partial charge < -0.3 is 5.01 Å². The Morgan fingerprint density at radius 2 is 1.61 bits per heavy atom. The lowest BCUT2D eigenvalue weighted by Gasteiger charge is -2.22. The molecule has 0 fully saturated rings. The van der Waals surface area contributed by atoms with Crippen LogP contribution in [-0.2, 0) is 12.6 Å². The van der Waals surface area contributed by atoms with Gasteiger partial charge in [0.25, 0.3) is 0 Å². The van der Waals surface area contributed by atoms with Gasteiger partial charge in [0.1, 0.15) is 11.8 Å². The molecule has 0 atom stereocenters. The molecule has 0 unspecified atom stereocenters. The zero-order valence-electron chi connectivity index (χ0n) is 16.8. The highest BCUT2D eigenvalue weighted by Crippen LogP contribution is 2.32. The van der Waals surface area contributed by atoms with Crippen molar-refractivity contribution < 1.29 is 13.2 Å². The van der Waals surface area contributed by atoms with E-state index < -0.39 is 11.9 Å². The standard InChI is InChI=1S/C23H20F3N5/c1-30(15-14-18-10-6-3-7-11-18)31-19(13-12-17-8-4-2-5-9-17)29-20-21(23(24,25)26)27-16-28-22(20)31/h2-13,16H,14-15H2,1H3. The molecule has 5 nitrogen and oxygen atoms in total. The summed E-state index contributed by atoms with van der Waals surface area (Å²) in [5.41, 5.74) is 0.850. The second kappa shape index (κ2) is 8.59. The second-order valence-electron chi connectivity index (χ2n) is 7.03. The minimum Gasteiger partial charge on any atom is -0.312 e. The molecule has 0 N–H and O–H groups in total. The fraction of sp³-hybridized carbons (Fsp3) is 0.174. The summed E-state index contributed by atoms with van der Waals surface area (Å²) in [4.78, 5) is 11.8. The molecule has 2 aromatic heterocycles. The number of nitrogens with zero attached hydrogens (tertiary/aromatic N) is 5. The van der Waals surface area contributed by atoms with E-state index in [0.717, 1.165) is 23.9 Å². The number of aromatic nitrogens is 4. The fourth-order valence-corrected chi connectivity index (χ4v) is 3.32. The molecule has 0 radical (unpaired) electrons. The molecule has 0 spiro atoms. The minimum absolute atomic E-state index is 0.116. The molecule has 0 aliphatic rings. The van der Waals surface area contributed by atoms with Crippen LogP contribution in [0.25, 0.3) is 23.3 Å². The van der Waals surface area contributed by atoms with Crippen molar-refractivity contribution >= 4 is 23.3 Å². The van der Waals surface area contributed by atoms with E-state index in [1.807, 2.05) is 71.7 Å². The number of imidazole rings is 1. The summed E-state index contributed by atoms with van der Waals surface area (Å²) in [6.07, 6.45) is 0.526. The van der Waals surface area contributed by atoms with E-state index >= 15 is 0 Å². The molecule has 0 bridgehead atoms. The zero-order chi connectivity index (χ0) is 21.8. The lowest BCUT2D eigenvalue weighted by atomic mass is 10.1. The first-order valence-corrected chi connectivity index (χ1v) is 9.72. The molecule has 0 amide bonds. The van der Waals surface area contributed by atoms with Crippen LogP contribution in [0.3, 0.4) is 0 Å². The van der Waals surface area contributed by atoms with Crippen molar-refractivity contribution in [2.24, 2.45) is 0 Å². The molecule has 0 saturated heterocycles. The number of likely N-dealkylation sites (N-methyl/N-ethyl adjacent to an activating group) is 1. The summed E-state index contributed by atoms with van der Waals surface area (Å²) in [7, 11) is 1.80. The predicted octanol–water partition coefficient (Wildman–Crippen LogP) is 4.83. The van der Waals surface area contributed by atoms with Crippen molar-refractivity contribution in [1.82, 2.24) is 19.6 Å². The highest BCUT2D eigenvalue weighted by atomic mass is 19.4. The van der Waals surface area contributed by atoms with Gasteiger partial charge in [0.2, 0.25) is 0 Å². The van der Waals surface area contributed by atoms with Crippen LogP contribution in [0.1, 0.15) is 22.6 Å². The van der Waals surface area contributed by atoms with Crippen LogP contribution >= 0.6 is 0 Å². The Kier molecular flexibility index (Phi) is 5.70. The number of fused-ring (bicyclic) bond motifs is 1. The van der Waals surface area contributed by atoms with Crippen molar-refractivity contribution in [3.05, 3.63) is 89.6 Å². The minimum atomic E-state index is -4.62. The normalized spacial score (nSPS) is 12.0. The smallest absolute Gasteiger partial charge is 0.312 e. The van der Waals surface area contributed by atoms with E-state index in [1.54, 1.807) is 17.8 Å². The third-order valence-electron chi connectivity index (χ3n) is 4.85. The number of hydrogen-bond acceptors (Lipinski definition) is 4. The molecule has 158 valence electrons. The molecule has 2 aromatic carbocycles. The zero-order valence-corrected chi connectivity index (χ0v) is 16.8. The maximum Gasteiger partial charge on any atom is 0.435 e. The Labute approximate surface area is 177 Å². The molecule has 0 aliphatic carbocycles. The van der Waals surface area contributed by atoms with Crippen molar-refractivity contribution in [2.75, 3.05) is 18.6 Å². The monoisotopic (exact) mass is 423 g/mol. The summed E-state index contributed by atoms with van der Waals surface area (Å²) < 4.78 is 42.1. The average molecular weight is 423 g/mol.